The SMILES string of the molecule is CCc1cc(NC(=O)C(N=Nc2cccc(C(=O)Nc3cc(Cl)c(Cl)c(Cl)c3)c2Cl)C(C)=O)cc(CC)c1NC(=O)C(N=Nc1cccc(C(=O)Nc2cc(Cl)c(Cl)c(Cl)c2)c1Cl)C(C)=O. The fourth-order valence-corrected chi connectivity index (χ4v) is 7.73. The van der Waals surface area contributed by atoms with Crippen molar-refractivity contribution < 1.29 is 28.8 Å². The van der Waals surface area contributed by atoms with Gasteiger partial charge in [0.1, 0.15) is 11.4 Å². The fourth-order valence-electron chi connectivity index (χ4n) is 6.03. The zero-order valence-electron chi connectivity index (χ0n) is 34.8. The van der Waals surface area contributed by atoms with E-state index in [1.165, 1.54) is 60.7 Å². The third-order valence-electron chi connectivity index (χ3n) is 9.34. The number of nitrogens with zero attached hydrogens (tertiary/aromatic N) is 4. The molecular weight excluding hydrogens is 1020 g/mol. The van der Waals surface area contributed by atoms with Crippen LogP contribution in [0.1, 0.15) is 59.5 Å². The second kappa shape index (κ2) is 23.0. The van der Waals surface area contributed by atoms with Crippen LogP contribution in [0.2, 0.25) is 40.2 Å². The van der Waals surface area contributed by atoms with Gasteiger partial charge in [-0.25, -0.2) is 0 Å². The van der Waals surface area contributed by atoms with Crippen molar-refractivity contribution in [2.45, 2.75) is 52.6 Å². The van der Waals surface area contributed by atoms with Crippen LogP contribution in [-0.2, 0) is 32.0 Å². The van der Waals surface area contributed by atoms with E-state index in [2.05, 4.69) is 41.7 Å². The van der Waals surface area contributed by atoms with E-state index in [4.69, 9.17) is 92.8 Å². The van der Waals surface area contributed by atoms with E-state index in [0.29, 0.717) is 29.7 Å². The normalized spacial score (nSPS) is 12.2. The summed E-state index contributed by atoms with van der Waals surface area (Å²) in [7, 11) is 0. The Labute approximate surface area is 417 Å². The Balaban J connectivity index is 1.31. The first kappa shape index (κ1) is 51.8. The lowest BCUT2D eigenvalue weighted by molar-refractivity contribution is -0.127. The minimum absolute atomic E-state index is 0.00534. The Morgan fingerprint density at radius 3 is 1.18 bits per heavy atom. The topological polar surface area (TPSA) is 200 Å². The van der Waals surface area contributed by atoms with Crippen LogP contribution < -0.4 is 21.3 Å². The van der Waals surface area contributed by atoms with Crippen molar-refractivity contribution in [1.82, 2.24) is 0 Å². The van der Waals surface area contributed by atoms with Crippen LogP contribution >= 0.6 is 92.8 Å². The molecule has 5 aromatic carbocycles. The molecule has 0 bridgehead atoms. The highest BCUT2D eigenvalue weighted by atomic mass is 35.5. The highest BCUT2D eigenvalue weighted by molar-refractivity contribution is 6.49. The number of ketones is 2. The Bertz CT molecular complexity index is 2790. The van der Waals surface area contributed by atoms with Gasteiger partial charge >= 0.3 is 0 Å². The number of Topliss-reactive ketones (excluding diaryl/α,β-unsaturated/α-hetero) is 2. The third kappa shape index (κ3) is 12.6. The summed E-state index contributed by atoms with van der Waals surface area (Å²) in [6, 6.07) is 14.2. The van der Waals surface area contributed by atoms with Crippen molar-refractivity contribution in [2.24, 2.45) is 20.5 Å². The van der Waals surface area contributed by atoms with Crippen molar-refractivity contribution >= 4 is 162 Å². The van der Waals surface area contributed by atoms with Crippen molar-refractivity contribution in [3.63, 3.8) is 0 Å². The number of hydrogen-bond donors (Lipinski definition) is 4. The second-order valence-electron chi connectivity index (χ2n) is 14.0. The maximum absolute atomic E-state index is 13.7. The predicted octanol–water partition coefficient (Wildman–Crippen LogP) is 13.9. The first-order valence-corrected chi connectivity index (χ1v) is 22.4. The molecule has 0 radical (unpaired) electrons. The molecule has 342 valence electrons. The number of halogens is 8. The van der Waals surface area contributed by atoms with E-state index in [1.54, 1.807) is 12.1 Å². The van der Waals surface area contributed by atoms with Crippen LogP contribution in [0.25, 0.3) is 0 Å². The number of anilines is 4. The van der Waals surface area contributed by atoms with E-state index in [-0.39, 0.29) is 79.7 Å². The summed E-state index contributed by atoms with van der Waals surface area (Å²) in [5.74, 6) is -4.23. The number of carbonyl (C=O) groups is 6. The molecule has 0 aliphatic heterocycles. The van der Waals surface area contributed by atoms with Gasteiger partial charge < -0.3 is 21.3 Å². The molecule has 2 unspecified atom stereocenters. The maximum atomic E-state index is 13.7. The standard InChI is InChI=1S/C44H34Cl8N8O6/c1-5-21-13-23(55-43(65)38(19(3)61)59-57-32-11-7-9-26(34(32)49)41(63)53-24-15-28(45)36(51)29(46)16-24)14-22(6-2)40(21)56-44(66)39(20(4)62)60-58-33-12-8-10-27(35(33)50)42(64)54-25-17-30(47)37(52)31(48)18-25/h7-18,38-39H,5-6H2,1-4H3,(H,53,63)(H,54,64)(H,55,65)(H,56,66). The summed E-state index contributed by atoms with van der Waals surface area (Å²) in [6.07, 6.45) is 0.710. The van der Waals surface area contributed by atoms with E-state index < -0.39 is 47.3 Å². The first-order valence-electron chi connectivity index (χ1n) is 19.3. The Morgan fingerprint density at radius 2 is 0.833 bits per heavy atom. The summed E-state index contributed by atoms with van der Waals surface area (Å²) in [5, 5.41) is 27.3. The molecule has 0 saturated carbocycles. The molecule has 5 aromatic rings. The number of nitrogens with one attached hydrogen (secondary N) is 4. The molecule has 66 heavy (non-hydrogen) atoms. The highest BCUT2D eigenvalue weighted by Gasteiger charge is 2.28. The number of rotatable bonds is 16. The zero-order valence-corrected chi connectivity index (χ0v) is 40.8. The van der Waals surface area contributed by atoms with E-state index in [1.807, 2.05) is 13.8 Å². The van der Waals surface area contributed by atoms with Crippen molar-refractivity contribution in [1.29, 1.82) is 0 Å². The van der Waals surface area contributed by atoms with Gasteiger partial charge in [0.15, 0.2) is 11.6 Å². The van der Waals surface area contributed by atoms with Crippen molar-refractivity contribution in [3.05, 3.63) is 135 Å². The van der Waals surface area contributed by atoms with E-state index in [0.717, 1.165) is 13.8 Å². The molecule has 0 heterocycles. The zero-order chi connectivity index (χ0) is 48.6. The minimum Gasteiger partial charge on any atom is -0.324 e. The molecule has 0 aliphatic rings. The molecule has 2 atom stereocenters. The quantitative estimate of drug-likeness (QED) is 0.0430. The molecule has 22 heteroatoms. The number of azo groups is 2. The number of amides is 4. The highest BCUT2D eigenvalue weighted by Crippen LogP contribution is 2.37. The smallest absolute Gasteiger partial charge is 0.258 e. The average Bonchev–Trinajstić information content (AvgIpc) is 3.25. The van der Waals surface area contributed by atoms with Gasteiger partial charge in [-0.3, -0.25) is 28.8 Å². The summed E-state index contributed by atoms with van der Waals surface area (Å²) in [4.78, 5) is 79.0. The third-order valence-corrected chi connectivity index (χ3v) is 12.5. The summed E-state index contributed by atoms with van der Waals surface area (Å²) in [6.45, 7) is 5.94. The number of hydrogen-bond acceptors (Lipinski definition) is 10. The van der Waals surface area contributed by atoms with Gasteiger partial charge in [0.2, 0.25) is 12.1 Å². The van der Waals surface area contributed by atoms with Crippen molar-refractivity contribution in [3.8, 4) is 0 Å². The Kier molecular flexibility index (Phi) is 18.1. The van der Waals surface area contributed by atoms with Crippen LogP contribution in [-0.4, -0.2) is 47.3 Å². The monoisotopic (exact) mass is 1050 g/mol. The first-order chi connectivity index (χ1) is 31.2. The van der Waals surface area contributed by atoms with Gasteiger partial charge in [-0.15, -0.1) is 0 Å². The lowest BCUT2D eigenvalue weighted by Crippen LogP contribution is -2.33. The molecule has 0 aliphatic carbocycles. The van der Waals surface area contributed by atoms with Crippen LogP contribution in [0, 0.1) is 0 Å². The fraction of sp³-hybridized carbons (Fsp3) is 0.182. The molecule has 5 rings (SSSR count). The molecule has 0 saturated heterocycles. The van der Waals surface area contributed by atoms with Gasteiger partial charge in [-0.2, -0.15) is 20.5 Å². The maximum Gasteiger partial charge on any atom is 0.258 e. The molecule has 0 fully saturated rings. The summed E-state index contributed by atoms with van der Waals surface area (Å²) < 4.78 is 0. The van der Waals surface area contributed by atoms with Crippen LogP contribution in [0.15, 0.2) is 93.3 Å². The molecule has 4 N–H and O–H groups in total. The molecule has 0 spiro atoms. The molecule has 4 amide bonds. The summed E-state index contributed by atoms with van der Waals surface area (Å²) >= 11 is 49.4. The number of carbonyl (C=O) groups excluding carboxylic acids is 6. The van der Waals surface area contributed by atoms with Gasteiger partial charge in [-0.1, -0.05) is 119 Å². The Morgan fingerprint density at radius 1 is 0.485 bits per heavy atom. The number of aryl methyl sites for hydroxylation is 2. The van der Waals surface area contributed by atoms with Gasteiger partial charge in [0.25, 0.3) is 23.6 Å². The lowest BCUT2D eigenvalue weighted by Gasteiger charge is -2.19. The Hall–Kier alpha value is -5.16. The van der Waals surface area contributed by atoms with Gasteiger partial charge in [0.05, 0.1) is 51.3 Å². The van der Waals surface area contributed by atoms with Gasteiger partial charge in [0, 0.05) is 22.7 Å². The lowest BCUT2D eigenvalue weighted by atomic mass is 10.0. The van der Waals surface area contributed by atoms with Crippen LogP contribution in [0.3, 0.4) is 0 Å². The molecular formula is C44H34Cl8N8O6. The van der Waals surface area contributed by atoms with E-state index >= 15 is 0 Å². The van der Waals surface area contributed by atoms with E-state index in [9.17, 15) is 28.8 Å². The predicted molar refractivity (Wildman–Crippen MR) is 262 cm³/mol. The van der Waals surface area contributed by atoms with Crippen molar-refractivity contribution in [2.75, 3.05) is 21.3 Å². The van der Waals surface area contributed by atoms with Crippen LogP contribution in [0.5, 0.6) is 0 Å². The largest absolute Gasteiger partial charge is 0.324 e. The summed E-state index contributed by atoms with van der Waals surface area (Å²) in [5.41, 5.74) is 2.23. The van der Waals surface area contributed by atoms with Crippen LogP contribution in [0.4, 0.5) is 34.1 Å². The molecule has 14 nitrogen and oxygen atoms in total. The average molecular weight is 1050 g/mol. The molecule has 0 aromatic heterocycles. The van der Waals surface area contributed by atoms with Gasteiger partial charge in [-0.05, 0) is 98.5 Å². The second-order valence-corrected chi connectivity index (χ2v) is 17.1. The minimum atomic E-state index is -1.63. The number of benzene rings is 5.